The van der Waals surface area contributed by atoms with Gasteiger partial charge in [-0.25, -0.2) is 9.52 Å². The van der Waals surface area contributed by atoms with E-state index in [1.165, 1.54) is 10.8 Å². The van der Waals surface area contributed by atoms with Gasteiger partial charge in [0, 0.05) is 10.7 Å². The Morgan fingerprint density at radius 1 is 1.35 bits per heavy atom. The lowest BCUT2D eigenvalue weighted by atomic mass is 10.3. The largest absolute Gasteiger partial charge is 0.490 e. The van der Waals surface area contributed by atoms with Crippen LogP contribution in [0.2, 0.25) is 0 Å². The van der Waals surface area contributed by atoms with Gasteiger partial charge >= 0.3 is 15.3 Å². The summed E-state index contributed by atoms with van der Waals surface area (Å²) in [5.74, 6) is 0.435. The number of benzene rings is 1. The molecule has 6 nitrogen and oxygen atoms in total. The standard InChI is InChI=1S/C9H10ClNO5S/c1-2-15-7-5-3-4-6-8(7)16-9(12)11-17(10,13)14/h3-6H,2H2,1H3,(H,11,12). The third kappa shape index (κ3) is 4.92. The number of carbonyl (C=O) groups is 1. The molecule has 1 aromatic rings. The van der Waals surface area contributed by atoms with E-state index in [1.54, 1.807) is 25.1 Å². The molecule has 8 heteroatoms. The van der Waals surface area contributed by atoms with Gasteiger partial charge in [-0.05, 0) is 19.1 Å². The van der Waals surface area contributed by atoms with E-state index in [2.05, 4.69) is 0 Å². The number of nitrogens with one attached hydrogen (secondary N) is 1. The predicted molar refractivity (Wildman–Crippen MR) is 61.5 cm³/mol. The molecule has 0 atom stereocenters. The highest BCUT2D eigenvalue weighted by atomic mass is 35.7. The van der Waals surface area contributed by atoms with E-state index in [1.807, 2.05) is 0 Å². The summed E-state index contributed by atoms with van der Waals surface area (Å²) < 4.78 is 32.5. The number of hydrogen-bond acceptors (Lipinski definition) is 5. The SMILES string of the molecule is CCOc1ccccc1OC(=O)NS(=O)(=O)Cl. The average Bonchev–Trinajstić information content (AvgIpc) is 2.18. The van der Waals surface area contributed by atoms with E-state index in [9.17, 15) is 13.2 Å². The van der Waals surface area contributed by atoms with Crippen LogP contribution in [-0.4, -0.2) is 21.1 Å². The van der Waals surface area contributed by atoms with Gasteiger partial charge < -0.3 is 9.47 Å². The van der Waals surface area contributed by atoms with Gasteiger partial charge in [-0.2, -0.15) is 8.42 Å². The Bertz CT molecular complexity index is 502. The highest BCUT2D eigenvalue weighted by Crippen LogP contribution is 2.26. The zero-order valence-electron chi connectivity index (χ0n) is 8.84. The van der Waals surface area contributed by atoms with Crippen molar-refractivity contribution in [2.24, 2.45) is 0 Å². The minimum atomic E-state index is -4.16. The molecule has 0 radical (unpaired) electrons. The molecular formula is C9H10ClNO5S. The molecule has 1 aromatic carbocycles. The Kier molecular flexibility index (Phi) is 4.59. The third-order valence-corrected chi connectivity index (χ3v) is 2.20. The molecular weight excluding hydrogens is 270 g/mol. The van der Waals surface area contributed by atoms with Crippen LogP contribution in [0, 0.1) is 0 Å². The minimum Gasteiger partial charge on any atom is -0.490 e. The van der Waals surface area contributed by atoms with Crippen molar-refractivity contribution in [2.45, 2.75) is 6.92 Å². The zero-order valence-corrected chi connectivity index (χ0v) is 10.4. The summed E-state index contributed by atoms with van der Waals surface area (Å²) in [5, 5.41) is 0. The molecule has 0 aliphatic rings. The van der Waals surface area contributed by atoms with Crippen molar-refractivity contribution in [1.29, 1.82) is 0 Å². The van der Waals surface area contributed by atoms with Crippen LogP contribution in [0.3, 0.4) is 0 Å². The Morgan fingerprint density at radius 3 is 2.47 bits per heavy atom. The first-order valence-corrected chi connectivity index (χ1v) is 6.89. The van der Waals surface area contributed by atoms with Crippen LogP contribution in [-0.2, 0) is 9.24 Å². The van der Waals surface area contributed by atoms with Crippen LogP contribution >= 0.6 is 10.7 Å². The van der Waals surface area contributed by atoms with E-state index >= 15 is 0 Å². The quantitative estimate of drug-likeness (QED) is 0.848. The van der Waals surface area contributed by atoms with Crippen molar-refractivity contribution in [3.8, 4) is 11.5 Å². The molecule has 1 rings (SSSR count). The summed E-state index contributed by atoms with van der Waals surface area (Å²) in [6.45, 7) is 2.15. The van der Waals surface area contributed by atoms with Crippen LogP contribution in [0.25, 0.3) is 0 Å². The van der Waals surface area contributed by atoms with Crippen molar-refractivity contribution >= 4 is 26.0 Å². The Hall–Kier alpha value is -1.47. The van der Waals surface area contributed by atoms with Gasteiger partial charge in [0.2, 0.25) is 0 Å². The van der Waals surface area contributed by atoms with Gasteiger partial charge in [0.05, 0.1) is 6.61 Å². The summed E-state index contributed by atoms with van der Waals surface area (Å²) in [5.41, 5.74) is 0. The first-order chi connectivity index (χ1) is 7.92. The average molecular weight is 280 g/mol. The molecule has 0 saturated heterocycles. The van der Waals surface area contributed by atoms with Crippen LogP contribution in [0.4, 0.5) is 4.79 Å². The molecule has 94 valence electrons. The number of ether oxygens (including phenoxy) is 2. The maximum Gasteiger partial charge on any atom is 0.427 e. The topological polar surface area (TPSA) is 81.7 Å². The van der Waals surface area contributed by atoms with Crippen molar-refractivity contribution in [3.05, 3.63) is 24.3 Å². The fourth-order valence-electron chi connectivity index (χ4n) is 1.03. The molecule has 0 saturated carbocycles. The van der Waals surface area contributed by atoms with Gasteiger partial charge in [0.25, 0.3) is 0 Å². The molecule has 0 aromatic heterocycles. The summed E-state index contributed by atoms with van der Waals surface area (Å²) in [7, 11) is 0.663. The number of para-hydroxylation sites is 2. The molecule has 0 unspecified atom stereocenters. The van der Waals surface area contributed by atoms with Crippen LogP contribution in [0.1, 0.15) is 6.92 Å². The minimum absolute atomic E-state index is 0.104. The third-order valence-electron chi connectivity index (χ3n) is 1.56. The number of carbonyl (C=O) groups excluding carboxylic acids is 1. The molecule has 1 amide bonds. The van der Waals surface area contributed by atoms with Gasteiger partial charge in [-0.15, -0.1) is 0 Å². The lowest BCUT2D eigenvalue weighted by molar-refractivity contribution is 0.203. The Balaban J connectivity index is 2.77. The molecule has 0 fully saturated rings. The number of amides is 1. The van der Waals surface area contributed by atoms with E-state index in [0.717, 1.165) is 0 Å². The van der Waals surface area contributed by atoms with Gasteiger partial charge in [0.15, 0.2) is 11.5 Å². The molecule has 17 heavy (non-hydrogen) atoms. The van der Waals surface area contributed by atoms with Crippen LogP contribution < -0.4 is 14.2 Å². The lowest BCUT2D eigenvalue weighted by Gasteiger charge is -2.09. The van der Waals surface area contributed by atoms with Crippen molar-refractivity contribution in [1.82, 2.24) is 4.72 Å². The molecule has 0 aliphatic heterocycles. The summed E-state index contributed by atoms with van der Waals surface area (Å²) in [6.07, 6.45) is -1.20. The Labute approximate surface area is 103 Å². The number of rotatable bonds is 4. The van der Waals surface area contributed by atoms with Crippen LogP contribution in [0.5, 0.6) is 11.5 Å². The van der Waals surface area contributed by atoms with Crippen molar-refractivity contribution < 1.29 is 22.7 Å². The number of hydrogen-bond donors (Lipinski definition) is 1. The summed E-state index contributed by atoms with van der Waals surface area (Å²) >= 11 is 0. The molecule has 0 heterocycles. The molecule has 0 bridgehead atoms. The van der Waals surface area contributed by atoms with Gasteiger partial charge in [-0.3, -0.25) is 0 Å². The summed E-state index contributed by atoms with van der Waals surface area (Å²) in [4.78, 5) is 11.1. The predicted octanol–water partition coefficient (Wildman–Crippen LogP) is 1.66. The van der Waals surface area contributed by atoms with E-state index in [-0.39, 0.29) is 5.75 Å². The highest BCUT2D eigenvalue weighted by molar-refractivity contribution is 8.12. The van der Waals surface area contributed by atoms with Gasteiger partial charge in [-0.1, -0.05) is 12.1 Å². The first-order valence-electron chi connectivity index (χ1n) is 4.58. The van der Waals surface area contributed by atoms with Crippen LogP contribution in [0.15, 0.2) is 24.3 Å². The molecule has 1 N–H and O–H groups in total. The van der Waals surface area contributed by atoms with Gasteiger partial charge in [0.1, 0.15) is 0 Å². The van der Waals surface area contributed by atoms with E-state index in [0.29, 0.717) is 12.4 Å². The van der Waals surface area contributed by atoms with Crippen molar-refractivity contribution in [3.63, 3.8) is 0 Å². The highest BCUT2D eigenvalue weighted by Gasteiger charge is 2.14. The smallest absolute Gasteiger partial charge is 0.427 e. The van der Waals surface area contributed by atoms with E-state index < -0.39 is 15.3 Å². The lowest BCUT2D eigenvalue weighted by Crippen LogP contribution is -2.29. The summed E-state index contributed by atoms with van der Waals surface area (Å²) in [6, 6.07) is 6.35. The van der Waals surface area contributed by atoms with Crippen molar-refractivity contribution in [2.75, 3.05) is 6.61 Å². The Morgan fingerprint density at radius 2 is 1.94 bits per heavy atom. The monoisotopic (exact) mass is 279 g/mol. The molecule has 0 spiro atoms. The normalized spacial score (nSPS) is 10.7. The number of halogens is 1. The van der Waals surface area contributed by atoms with E-state index in [4.69, 9.17) is 20.2 Å². The zero-order chi connectivity index (χ0) is 12.9. The fourth-order valence-corrected chi connectivity index (χ4v) is 1.46. The second-order valence-electron chi connectivity index (χ2n) is 2.81. The fraction of sp³-hybridized carbons (Fsp3) is 0.222. The maximum absolute atomic E-state index is 11.1. The maximum atomic E-state index is 11.1. The molecule has 0 aliphatic carbocycles. The second kappa shape index (κ2) is 5.74. The second-order valence-corrected chi connectivity index (χ2v) is 5.11. The first kappa shape index (κ1) is 13.6.